The van der Waals surface area contributed by atoms with Gasteiger partial charge in [-0.2, -0.15) is 0 Å². The molecule has 20 heavy (non-hydrogen) atoms. The summed E-state index contributed by atoms with van der Waals surface area (Å²) in [5.41, 5.74) is 0.747. The molecule has 0 saturated heterocycles. The van der Waals surface area contributed by atoms with Crippen molar-refractivity contribution in [2.75, 3.05) is 0 Å². The quantitative estimate of drug-likeness (QED) is 0.766. The molecule has 0 radical (unpaired) electrons. The number of ketones is 1. The second-order valence-corrected chi connectivity index (χ2v) is 5.93. The van der Waals surface area contributed by atoms with Crippen LogP contribution in [0.5, 0.6) is 11.5 Å². The van der Waals surface area contributed by atoms with Crippen LogP contribution >= 0.6 is 0 Å². The molecular weight excluding hydrogens is 252 g/mol. The van der Waals surface area contributed by atoms with Gasteiger partial charge in [0.2, 0.25) is 6.29 Å². The zero-order valence-corrected chi connectivity index (χ0v) is 12.1. The van der Waals surface area contributed by atoms with Gasteiger partial charge >= 0.3 is 0 Å². The third-order valence-corrected chi connectivity index (χ3v) is 4.36. The smallest absolute Gasteiger partial charge is 0.238 e. The number of hydrogen-bond donors (Lipinski definition) is 0. The highest BCUT2D eigenvalue weighted by Crippen LogP contribution is 2.35. The molecule has 1 saturated carbocycles. The van der Waals surface area contributed by atoms with E-state index in [2.05, 4.69) is 0 Å². The van der Waals surface area contributed by atoms with Crippen LogP contribution in [0.15, 0.2) is 18.2 Å². The third kappa shape index (κ3) is 2.97. The van der Waals surface area contributed by atoms with Gasteiger partial charge in [0, 0.05) is 18.9 Å². The lowest BCUT2D eigenvalue weighted by atomic mass is 9.85. The summed E-state index contributed by atoms with van der Waals surface area (Å²) in [6.07, 6.45) is 8.06. The molecule has 0 spiro atoms. The highest BCUT2D eigenvalue weighted by molar-refractivity contribution is 5.96. The topological polar surface area (TPSA) is 35.5 Å². The number of Topliss-reactive ketones (excluding diaryl/α,β-unsaturated/α-hetero) is 1. The summed E-state index contributed by atoms with van der Waals surface area (Å²) in [5, 5.41) is 0. The van der Waals surface area contributed by atoms with Crippen LogP contribution in [-0.4, -0.2) is 12.1 Å². The number of benzene rings is 1. The first-order valence-electron chi connectivity index (χ1n) is 7.73. The molecule has 0 N–H and O–H groups in total. The maximum Gasteiger partial charge on any atom is 0.238 e. The van der Waals surface area contributed by atoms with Crippen molar-refractivity contribution < 1.29 is 14.3 Å². The zero-order valence-electron chi connectivity index (χ0n) is 12.1. The summed E-state index contributed by atoms with van der Waals surface area (Å²) < 4.78 is 11.0. The molecule has 2 aliphatic rings. The number of carbonyl (C=O) groups excluding carboxylic acids is 1. The molecule has 3 nitrogen and oxygen atoms in total. The number of fused-ring (bicyclic) bond motifs is 1. The Morgan fingerprint density at radius 1 is 1.15 bits per heavy atom. The molecule has 0 aromatic heterocycles. The minimum atomic E-state index is -0.252. The number of ether oxygens (including phenoxy) is 2. The lowest BCUT2D eigenvalue weighted by molar-refractivity contribution is 0.0677. The molecule has 1 aliphatic heterocycles. The Hall–Kier alpha value is -1.51. The van der Waals surface area contributed by atoms with E-state index < -0.39 is 0 Å². The SMILES string of the molecule is CC1Oc2ccc(C(=O)CCC3CCCCC3)cc2O1. The van der Waals surface area contributed by atoms with E-state index in [0.29, 0.717) is 12.2 Å². The monoisotopic (exact) mass is 274 g/mol. The second kappa shape index (κ2) is 5.86. The molecule has 1 aromatic rings. The minimum Gasteiger partial charge on any atom is -0.451 e. The summed E-state index contributed by atoms with van der Waals surface area (Å²) >= 11 is 0. The summed E-state index contributed by atoms with van der Waals surface area (Å²) in [4.78, 5) is 12.3. The van der Waals surface area contributed by atoms with Gasteiger partial charge in [0.1, 0.15) is 0 Å². The zero-order chi connectivity index (χ0) is 13.9. The van der Waals surface area contributed by atoms with Crippen molar-refractivity contribution in [2.24, 2.45) is 5.92 Å². The van der Waals surface area contributed by atoms with Gasteiger partial charge in [0.05, 0.1) is 0 Å². The Kier molecular flexibility index (Phi) is 3.95. The molecule has 3 heteroatoms. The van der Waals surface area contributed by atoms with E-state index in [0.717, 1.165) is 23.7 Å². The largest absolute Gasteiger partial charge is 0.451 e. The molecule has 1 heterocycles. The predicted molar refractivity (Wildman–Crippen MR) is 77.3 cm³/mol. The minimum absolute atomic E-state index is 0.224. The lowest BCUT2D eigenvalue weighted by Gasteiger charge is -2.20. The normalized spacial score (nSPS) is 21.9. The fourth-order valence-electron chi connectivity index (χ4n) is 3.21. The molecule has 1 fully saturated rings. The summed E-state index contributed by atoms with van der Waals surface area (Å²) in [6, 6.07) is 5.51. The number of carbonyl (C=O) groups is 1. The van der Waals surface area contributed by atoms with Crippen molar-refractivity contribution >= 4 is 5.78 Å². The van der Waals surface area contributed by atoms with E-state index in [1.807, 2.05) is 25.1 Å². The Bertz CT molecular complexity index is 489. The molecule has 0 bridgehead atoms. The van der Waals surface area contributed by atoms with Gasteiger partial charge in [-0.05, 0) is 30.5 Å². The van der Waals surface area contributed by atoms with Gasteiger partial charge < -0.3 is 9.47 Å². The van der Waals surface area contributed by atoms with Gasteiger partial charge in [-0.3, -0.25) is 4.79 Å². The van der Waals surface area contributed by atoms with Crippen LogP contribution in [0.1, 0.15) is 62.2 Å². The van der Waals surface area contributed by atoms with Gasteiger partial charge in [-0.15, -0.1) is 0 Å². The van der Waals surface area contributed by atoms with Crippen molar-refractivity contribution in [3.63, 3.8) is 0 Å². The van der Waals surface area contributed by atoms with Crippen LogP contribution in [0, 0.1) is 5.92 Å². The van der Waals surface area contributed by atoms with E-state index in [9.17, 15) is 4.79 Å². The highest BCUT2D eigenvalue weighted by atomic mass is 16.7. The third-order valence-electron chi connectivity index (χ3n) is 4.36. The van der Waals surface area contributed by atoms with E-state index in [1.165, 1.54) is 32.1 Å². The van der Waals surface area contributed by atoms with Crippen LogP contribution in [0.2, 0.25) is 0 Å². The van der Waals surface area contributed by atoms with Gasteiger partial charge in [0.15, 0.2) is 17.3 Å². The fraction of sp³-hybridized carbons (Fsp3) is 0.588. The fourth-order valence-corrected chi connectivity index (χ4v) is 3.21. The van der Waals surface area contributed by atoms with Gasteiger partial charge in [-0.25, -0.2) is 0 Å². The van der Waals surface area contributed by atoms with Crippen LogP contribution in [-0.2, 0) is 0 Å². The van der Waals surface area contributed by atoms with Gasteiger partial charge in [-0.1, -0.05) is 32.1 Å². The van der Waals surface area contributed by atoms with Gasteiger partial charge in [0.25, 0.3) is 0 Å². The molecule has 1 unspecified atom stereocenters. The molecule has 1 aliphatic carbocycles. The second-order valence-electron chi connectivity index (χ2n) is 5.93. The average molecular weight is 274 g/mol. The van der Waals surface area contributed by atoms with Crippen molar-refractivity contribution in [1.82, 2.24) is 0 Å². The highest BCUT2D eigenvalue weighted by Gasteiger charge is 2.22. The van der Waals surface area contributed by atoms with Crippen molar-refractivity contribution in [3.05, 3.63) is 23.8 Å². The molecule has 3 rings (SSSR count). The molecular formula is C17H22O3. The van der Waals surface area contributed by atoms with Crippen LogP contribution in [0.3, 0.4) is 0 Å². The van der Waals surface area contributed by atoms with Crippen molar-refractivity contribution in [3.8, 4) is 11.5 Å². The van der Waals surface area contributed by atoms with E-state index in [-0.39, 0.29) is 12.1 Å². The molecule has 1 atom stereocenters. The van der Waals surface area contributed by atoms with Crippen molar-refractivity contribution in [2.45, 2.75) is 58.2 Å². The first-order chi connectivity index (χ1) is 9.72. The number of hydrogen-bond acceptors (Lipinski definition) is 3. The van der Waals surface area contributed by atoms with Crippen molar-refractivity contribution in [1.29, 1.82) is 0 Å². The average Bonchev–Trinajstić information content (AvgIpc) is 2.85. The maximum atomic E-state index is 12.3. The molecule has 0 amide bonds. The van der Waals surface area contributed by atoms with Crippen LogP contribution in [0.4, 0.5) is 0 Å². The first kappa shape index (κ1) is 13.5. The van der Waals surface area contributed by atoms with E-state index >= 15 is 0 Å². The Morgan fingerprint density at radius 2 is 1.90 bits per heavy atom. The van der Waals surface area contributed by atoms with E-state index in [1.54, 1.807) is 0 Å². The summed E-state index contributed by atoms with van der Waals surface area (Å²) in [6.45, 7) is 1.85. The Balaban J connectivity index is 1.58. The lowest BCUT2D eigenvalue weighted by Crippen LogP contribution is -2.11. The maximum absolute atomic E-state index is 12.3. The molecule has 1 aromatic carbocycles. The number of rotatable bonds is 4. The summed E-state index contributed by atoms with van der Waals surface area (Å²) in [5.74, 6) is 2.41. The predicted octanol–water partition coefficient (Wildman–Crippen LogP) is 4.35. The molecule has 108 valence electrons. The van der Waals surface area contributed by atoms with E-state index in [4.69, 9.17) is 9.47 Å². The Morgan fingerprint density at radius 3 is 2.70 bits per heavy atom. The summed E-state index contributed by atoms with van der Waals surface area (Å²) in [7, 11) is 0. The Labute approximate surface area is 120 Å². The van der Waals surface area contributed by atoms with Crippen LogP contribution < -0.4 is 9.47 Å². The first-order valence-corrected chi connectivity index (χ1v) is 7.73. The van der Waals surface area contributed by atoms with Crippen LogP contribution in [0.25, 0.3) is 0 Å². The standard InChI is InChI=1S/C17H22O3/c1-12-19-16-10-8-14(11-17(16)20-12)15(18)9-7-13-5-3-2-4-6-13/h8,10-13H,2-7,9H2,1H3.